The summed E-state index contributed by atoms with van der Waals surface area (Å²) in [4.78, 5) is 17.2. The van der Waals surface area contributed by atoms with Crippen molar-refractivity contribution in [3.8, 4) is 0 Å². The summed E-state index contributed by atoms with van der Waals surface area (Å²) in [5.74, 6) is 0. The van der Waals surface area contributed by atoms with Crippen molar-refractivity contribution in [3.05, 3.63) is 28.3 Å². The molecule has 6 nitrogen and oxygen atoms in total. The number of nitro groups is 1. The van der Waals surface area contributed by atoms with E-state index in [-0.39, 0.29) is 10.6 Å². The zero-order chi connectivity index (χ0) is 13.4. The number of nitro benzene ring substituents is 1. The minimum Gasteiger partial charge on any atom is -0.343 e. The lowest BCUT2D eigenvalue weighted by atomic mass is 10.2. The summed E-state index contributed by atoms with van der Waals surface area (Å²) >= 11 is 1.59. The number of fused-ring (bicyclic) bond motifs is 1. The maximum atomic E-state index is 10.8. The molecule has 1 saturated heterocycles. The maximum Gasteiger partial charge on any atom is 0.271 e. The molecule has 2 heterocycles. The molecule has 2 aromatic rings. The third-order valence-electron chi connectivity index (χ3n) is 3.32. The lowest BCUT2D eigenvalue weighted by Gasteiger charge is -2.33. The number of nitrogens with one attached hydrogen (secondary N) is 1. The lowest BCUT2D eigenvalue weighted by Crippen LogP contribution is -2.49. The molecule has 7 heteroatoms. The second kappa shape index (κ2) is 4.75. The van der Waals surface area contributed by atoms with Crippen molar-refractivity contribution in [2.75, 3.05) is 24.5 Å². The molecule has 1 aliphatic heterocycles. The van der Waals surface area contributed by atoms with Gasteiger partial charge in [-0.15, -0.1) is 0 Å². The summed E-state index contributed by atoms with van der Waals surface area (Å²) in [6.07, 6.45) is 0. The highest BCUT2D eigenvalue weighted by atomic mass is 32.1. The van der Waals surface area contributed by atoms with Gasteiger partial charge < -0.3 is 10.2 Å². The molecule has 0 bridgehead atoms. The second-order valence-electron chi connectivity index (χ2n) is 4.65. The Bertz CT molecular complexity index is 627. The van der Waals surface area contributed by atoms with Crippen LogP contribution in [0.3, 0.4) is 0 Å². The van der Waals surface area contributed by atoms with Crippen molar-refractivity contribution < 1.29 is 4.92 Å². The van der Waals surface area contributed by atoms with Crippen LogP contribution in [-0.2, 0) is 0 Å². The minimum absolute atomic E-state index is 0.0951. The maximum absolute atomic E-state index is 10.8. The first-order chi connectivity index (χ1) is 9.15. The Morgan fingerprint density at radius 2 is 2.42 bits per heavy atom. The molecule has 1 atom stereocenters. The van der Waals surface area contributed by atoms with Gasteiger partial charge in [0.05, 0.1) is 15.1 Å². The van der Waals surface area contributed by atoms with Crippen LogP contribution in [0.1, 0.15) is 6.92 Å². The van der Waals surface area contributed by atoms with E-state index in [4.69, 9.17) is 0 Å². The van der Waals surface area contributed by atoms with Crippen LogP contribution in [-0.4, -0.2) is 35.6 Å². The van der Waals surface area contributed by atoms with Crippen molar-refractivity contribution >= 4 is 32.4 Å². The fourth-order valence-electron chi connectivity index (χ4n) is 2.27. The monoisotopic (exact) mass is 278 g/mol. The molecule has 0 spiro atoms. The van der Waals surface area contributed by atoms with Gasteiger partial charge in [0.15, 0.2) is 5.13 Å². The normalized spacial score (nSPS) is 19.8. The first-order valence-corrected chi connectivity index (χ1v) is 6.99. The number of non-ortho nitro benzene ring substituents is 1. The summed E-state index contributed by atoms with van der Waals surface area (Å²) in [5.41, 5.74) is 0.803. The van der Waals surface area contributed by atoms with E-state index in [1.807, 2.05) is 0 Å². The van der Waals surface area contributed by atoms with Crippen LogP contribution in [0.5, 0.6) is 0 Å². The predicted octanol–water partition coefficient (Wildman–Crippen LogP) is 2.00. The van der Waals surface area contributed by atoms with Crippen LogP contribution in [0.4, 0.5) is 10.8 Å². The van der Waals surface area contributed by atoms with Crippen molar-refractivity contribution in [1.29, 1.82) is 0 Å². The van der Waals surface area contributed by atoms with Crippen LogP contribution in [0.15, 0.2) is 18.2 Å². The lowest BCUT2D eigenvalue weighted by molar-refractivity contribution is -0.384. The standard InChI is InChI=1S/C12H14N4O2S/c1-8-7-13-4-5-15(8)12-14-10-6-9(16(17)18)2-3-11(10)19-12/h2-3,6,8,13H,4-5,7H2,1H3/t8-/m0/s1. The molecule has 0 unspecified atom stereocenters. The van der Waals surface area contributed by atoms with Gasteiger partial charge in [-0.3, -0.25) is 10.1 Å². The van der Waals surface area contributed by atoms with Gasteiger partial charge in [-0.05, 0) is 13.0 Å². The molecular formula is C12H14N4O2S. The molecule has 0 amide bonds. The third-order valence-corrected chi connectivity index (χ3v) is 4.39. The molecule has 1 aliphatic rings. The number of rotatable bonds is 2. The highest BCUT2D eigenvalue weighted by molar-refractivity contribution is 7.22. The summed E-state index contributed by atoms with van der Waals surface area (Å²) in [6, 6.07) is 5.25. The SMILES string of the molecule is C[C@H]1CNCCN1c1nc2cc([N+](=O)[O-])ccc2s1. The van der Waals surface area contributed by atoms with Crippen molar-refractivity contribution in [2.45, 2.75) is 13.0 Å². The first kappa shape index (κ1) is 12.3. The molecule has 1 aromatic heterocycles. The van der Waals surface area contributed by atoms with Gasteiger partial charge in [0.25, 0.3) is 5.69 Å². The number of anilines is 1. The van der Waals surface area contributed by atoms with Crippen LogP contribution >= 0.6 is 11.3 Å². The average molecular weight is 278 g/mol. The largest absolute Gasteiger partial charge is 0.343 e. The van der Waals surface area contributed by atoms with Crippen molar-refractivity contribution in [1.82, 2.24) is 10.3 Å². The Kier molecular flexibility index (Phi) is 3.08. The molecule has 0 saturated carbocycles. The molecule has 0 radical (unpaired) electrons. The van der Waals surface area contributed by atoms with Gasteiger partial charge in [0.2, 0.25) is 0 Å². The molecule has 3 rings (SSSR count). The number of benzene rings is 1. The van der Waals surface area contributed by atoms with Crippen LogP contribution < -0.4 is 10.2 Å². The number of piperazine rings is 1. The molecular weight excluding hydrogens is 264 g/mol. The summed E-state index contributed by atoms with van der Waals surface area (Å²) in [6.45, 7) is 4.96. The van der Waals surface area contributed by atoms with Gasteiger partial charge >= 0.3 is 0 Å². The Balaban J connectivity index is 1.99. The Morgan fingerprint density at radius 3 is 3.16 bits per heavy atom. The Labute approximate surface area is 114 Å². The van der Waals surface area contributed by atoms with E-state index in [0.29, 0.717) is 11.6 Å². The average Bonchev–Trinajstić information content (AvgIpc) is 2.81. The minimum atomic E-state index is -0.383. The molecule has 1 aromatic carbocycles. The van der Waals surface area contributed by atoms with Gasteiger partial charge in [-0.2, -0.15) is 0 Å². The quantitative estimate of drug-likeness (QED) is 0.672. The zero-order valence-corrected chi connectivity index (χ0v) is 11.3. The molecule has 1 N–H and O–H groups in total. The Hall–Kier alpha value is -1.73. The number of nitrogens with zero attached hydrogens (tertiary/aromatic N) is 3. The van der Waals surface area contributed by atoms with Gasteiger partial charge in [-0.25, -0.2) is 4.98 Å². The highest BCUT2D eigenvalue weighted by Gasteiger charge is 2.21. The fraction of sp³-hybridized carbons (Fsp3) is 0.417. The molecule has 0 aliphatic carbocycles. The third kappa shape index (κ3) is 2.26. The van der Waals surface area contributed by atoms with E-state index in [0.717, 1.165) is 29.5 Å². The van der Waals surface area contributed by atoms with E-state index < -0.39 is 0 Å². The van der Waals surface area contributed by atoms with Crippen LogP contribution in [0.25, 0.3) is 10.2 Å². The highest BCUT2D eigenvalue weighted by Crippen LogP contribution is 2.32. The smallest absolute Gasteiger partial charge is 0.271 e. The number of hydrogen-bond donors (Lipinski definition) is 1. The number of hydrogen-bond acceptors (Lipinski definition) is 6. The van der Waals surface area contributed by atoms with Crippen LogP contribution in [0, 0.1) is 10.1 Å². The van der Waals surface area contributed by atoms with E-state index >= 15 is 0 Å². The molecule has 19 heavy (non-hydrogen) atoms. The van der Waals surface area contributed by atoms with E-state index in [1.165, 1.54) is 6.07 Å². The molecule has 100 valence electrons. The first-order valence-electron chi connectivity index (χ1n) is 6.17. The second-order valence-corrected chi connectivity index (χ2v) is 5.66. The zero-order valence-electron chi connectivity index (χ0n) is 10.5. The van der Waals surface area contributed by atoms with E-state index in [1.54, 1.807) is 23.5 Å². The molecule has 1 fully saturated rings. The number of aromatic nitrogens is 1. The summed E-state index contributed by atoms with van der Waals surface area (Å²) in [7, 11) is 0. The van der Waals surface area contributed by atoms with Gasteiger partial charge in [0, 0.05) is 37.8 Å². The number of thiazole rings is 1. The predicted molar refractivity (Wildman–Crippen MR) is 76.0 cm³/mol. The summed E-state index contributed by atoms with van der Waals surface area (Å²) < 4.78 is 0.992. The van der Waals surface area contributed by atoms with Gasteiger partial charge in [-0.1, -0.05) is 11.3 Å². The van der Waals surface area contributed by atoms with Gasteiger partial charge in [0.1, 0.15) is 0 Å². The van der Waals surface area contributed by atoms with E-state index in [9.17, 15) is 10.1 Å². The van der Waals surface area contributed by atoms with Crippen molar-refractivity contribution in [3.63, 3.8) is 0 Å². The van der Waals surface area contributed by atoms with Crippen molar-refractivity contribution in [2.24, 2.45) is 0 Å². The van der Waals surface area contributed by atoms with Crippen LogP contribution in [0.2, 0.25) is 0 Å². The topological polar surface area (TPSA) is 71.3 Å². The summed E-state index contributed by atoms with van der Waals surface area (Å²) in [5, 5.41) is 15.1. The Morgan fingerprint density at radius 1 is 1.58 bits per heavy atom. The fourth-order valence-corrected chi connectivity index (χ4v) is 3.34. The van der Waals surface area contributed by atoms with E-state index in [2.05, 4.69) is 22.1 Å².